The lowest BCUT2D eigenvalue weighted by atomic mass is 10.2. The smallest absolute Gasteiger partial charge is 0.419 e. The summed E-state index contributed by atoms with van der Waals surface area (Å²) in [5.74, 6) is 1.99. The van der Waals surface area contributed by atoms with Crippen LogP contribution < -0.4 is 19.1 Å². The average Bonchev–Trinajstić information content (AvgIpc) is 2.84. The first-order valence-corrected chi connectivity index (χ1v) is 12.0. The molecule has 6 nitrogen and oxygen atoms in total. The van der Waals surface area contributed by atoms with E-state index in [0.717, 1.165) is 17.9 Å². The molecule has 0 N–H and O–H groups in total. The van der Waals surface area contributed by atoms with Gasteiger partial charge in [-0.05, 0) is 87.9 Å². The van der Waals surface area contributed by atoms with E-state index in [1.165, 1.54) is 56.5 Å². The van der Waals surface area contributed by atoms with Crippen LogP contribution in [0.2, 0.25) is 0 Å². The standard InChI is InChI=1S/C27H40N2O4/c1-5-6-9-20-28(2)21-10-7-8-11-22-32-25-14-12-23(13-15-25)29(3)27(30)33-26-18-16-24(31-4)17-19-26/h12-19H,5-11,20-22H2,1-4H3. The van der Waals surface area contributed by atoms with Crippen LogP contribution in [0.15, 0.2) is 48.5 Å². The van der Waals surface area contributed by atoms with Gasteiger partial charge in [0, 0.05) is 12.7 Å². The first-order valence-electron chi connectivity index (χ1n) is 12.0. The molecule has 33 heavy (non-hydrogen) atoms. The van der Waals surface area contributed by atoms with Crippen LogP contribution in [-0.4, -0.2) is 51.9 Å². The van der Waals surface area contributed by atoms with Crippen molar-refractivity contribution in [3.05, 3.63) is 48.5 Å². The highest BCUT2D eigenvalue weighted by molar-refractivity contribution is 5.88. The zero-order valence-corrected chi connectivity index (χ0v) is 20.7. The summed E-state index contributed by atoms with van der Waals surface area (Å²) in [5.41, 5.74) is 0.740. The van der Waals surface area contributed by atoms with Crippen LogP contribution in [-0.2, 0) is 0 Å². The zero-order valence-electron chi connectivity index (χ0n) is 20.7. The highest BCUT2D eigenvalue weighted by Gasteiger charge is 2.13. The second-order valence-corrected chi connectivity index (χ2v) is 8.37. The maximum Gasteiger partial charge on any atom is 0.419 e. The molecule has 0 aliphatic heterocycles. The van der Waals surface area contributed by atoms with E-state index < -0.39 is 6.09 Å². The molecule has 1 amide bonds. The van der Waals surface area contributed by atoms with E-state index in [-0.39, 0.29) is 0 Å². The van der Waals surface area contributed by atoms with Crippen LogP contribution in [0, 0.1) is 0 Å². The van der Waals surface area contributed by atoms with E-state index in [4.69, 9.17) is 14.2 Å². The zero-order chi connectivity index (χ0) is 23.9. The van der Waals surface area contributed by atoms with Gasteiger partial charge in [0.1, 0.15) is 17.2 Å². The van der Waals surface area contributed by atoms with Gasteiger partial charge in [0.05, 0.1) is 13.7 Å². The topological polar surface area (TPSA) is 51.2 Å². The number of hydrogen-bond acceptors (Lipinski definition) is 5. The Labute approximate surface area is 199 Å². The van der Waals surface area contributed by atoms with Crippen LogP contribution in [0.4, 0.5) is 10.5 Å². The predicted octanol–water partition coefficient (Wildman–Crippen LogP) is 6.39. The van der Waals surface area contributed by atoms with Crippen LogP contribution in [0.1, 0.15) is 51.9 Å². The largest absolute Gasteiger partial charge is 0.497 e. The molecule has 182 valence electrons. The normalized spacial score (nSPS) is 10.8. The van der Waals surface area contributed by atoms with Crippen molar-refractivity contribution in [2.45, 2.75) is 51.9 Å². The lowest BCUT2D eigenvalue weighted by molar-refractivity contribution is 0.209. The van der Waals surface area contributed by atoms with Gasteiger partial charge in [-0.15, -0.1) is 0 Å². The highest BCUT2D eigenvalue weighted by atomic mass is 16.6. The van der Waals surface area contributed by atoms with Gasteiger partial charge in [-0.1, -0.05) is 32.6 Å². The molecule has 0 atom stereocenters. The van der Waals surface area contributed by atoms with Gasteiger partial charge in [0.15, 0.2) is 0 Å². The number of anilines is 1. The maximum atomic E-state index is 12.4. The Morgan fingerprint density at radius 1 is 0.758 bits per heavy atom. The number of hydrogen-bond donors (Lipinski definition) is 0. The van der Waals surface area contributed by atoms with Gasteiger partial charge >= 0.3 is 6.09 Å². The molecule has 6 heteroatoms. The Kier molecular flexibility index (Phi) is 12.2. The van der Waals surface area contributed by atoms with Crippen molar-refractivity contribution >= 4 is 11.8 Å². The Balaban J connectivity index is 1.63. The molecule has 0 saturated carbocycles. The van der Waals surface area contributed by atoms with Crippen LogP contribution in [0.5, 0.6) is 17.2 Å². The molecule has 2 aromatic rings. The number of benzene rings is 2. The fourth-order valence-electron chi connectivity index (χ4n) is 3.46. The predicted molar refractivity (Wildman–Crippen MR) is 135 cm³/mol. The number of carbonyl (C=O) groups excluding carboxylic acids is 1. The fourth-order valence-corrected chi connectivity index (χ4v) is 3.46. The van der Waals surface area contributed by atoms with E-state index in [0.29, 0.717) is 18.1 Å². The van der Waals surface area contributed by atoms with Crippen molar-refractivity contribution in [1.29, 1.82) is 0 Å². The number of amides is 1. The molecule has 0 aliphatic rings. The minimum absolute atomic E-state index is 0.454. The van der Waals surface area contributed by atoms with Gasteiger partial charge in [-0.3, -0.25) is 4.90 Å². The first-order chi connectivity index (χ1) is 16.0. The van der Waals surface area contributed by atoms with Crippen LogP contribution in [0.3, 0.4) is 0 Å². The Morgan fingerprint density at radius 2 is 1.33 bits per heavy atom. The molecule has 2 rings (SSSR count). The molecular weight excluding hydrogens is 416 g/mol. The third-order valence-corrected chi connectivity index (χ3v) is 5.61. The van der Waals surface area contributed by atoms with Crippen molar-refractivity contribution in [3.63, 3.8) is 0 Å². The van der Waals surface area contributed by atoms with Gasteiger partial charge in [-0.25, -0.2) is 4.79 Å². The van der Waals surface area contributed by atoms with E-state index in [2.05, 4.69) is 18.9 Å². The van der Waals surface area contributed by atoms with Gasteiger partial charge in [0.25, 0.3) is 0 Å². The molecule has 0 heterocycles. The van der Waals surface area contributed by atoms with E-state index in [1.54, 1.807) is 38.4 Å². The SMILES string of the molecule is CCCCCN(C)CCCCCCOc1ccc(N(C)C(=O)Oc2ccc(OC)cc2)cc1. The van der Waals surface area contributed by atoms with Crippen molar-refractivity contribution in [3.8, 4) is 17.2 Å². The van der Waals surface area contributed by atoms with Crippen molar-refractivity contribution in [2.75, 3.05) is 45.8 Å². The lowest BCUT2D eigenvalue weighted by Gasteiger charge is -2.17. The maximum absolute atomic E-state index is 12.4. The summed E-state index contributed by atoms with van der Waals surface area (Å²) in [6, 6.07) is 14.4. The Bertz CT molecular complexity index is 793. The van der Waals surface area contributed by atoms with Crippen LogP contribution in [0.25, 0.3) is 0 Å². The molecule has 0 spiro atoms. The third-order valence-electron chi connectivity index (χ3n) is 5.61. The summed E-state index contributed by atoms with van der Waals surface area (Å²) in [4.78, 5) is 16.3. The Hall–Kier alpha value is -2.73. The summed E-state index contributed by atoms with van der Waals surface area (Å²) < 4.78 is 16.4. The quantitative estimate of drug-likeness (QED) is 0.291. The van der Waals surface area contributed by atoms with Gasteiger partial charge < -0.3 is 19.1 Å². The summed E-state index contributed by atoms with van der Waals surface area (Å²) in [5, 5.41) is 0. The van der Waals surface area contributed by atoms with Gasteiger partial charge in [0.2, 0.25) is 0 Å². The molecule has 0 saturated heterocycles. The summed E-state index contributed by atoms with van der Waals surface area (Å²) in [7, 11) is 5.50. The van der Waals surface area contributed by atoms with Gasteiger partial charge in [-0.2, -0.15) is 0 Å². The van der Waals surface area contributed by atoms with E-state index in [9.17, 15) is 4.79 Å². The number of carbonyl (C=O) groups is 1. The summed E-state index contributed by atoms with van der Waals surface area (Å²) in [6.07, 6.45) is 8.18. The lowest BCUT2D eigenvalue weighted by Crippen LogP contribution is -2.29. The number of nitrogens with zero attached hydrogens (tertiary/aromatic N) is 2. The highest BCUT2D eigenvalue weighted by Crippen LogP contribution is 2.22. The van der Waals surface area contributed by atoms with E-state index >= 15 is 0 Å². The second kappa shape index (κ2) is 15.2. The molecule has 0 radical (unpaired) electrons. The van der Waals surface area contributed by atoms with Crippen LogP contribution >= 0.6 is 0 Å². The summed E-state index contributed by atoms with van der Waals surface area (Å²) >= 11 is 0. The molecule has 2 aromatic carbocycles. The third kappa shape index (κ3) is 10.2. The average molecular weight is 457 g/mol. The Morgan fingerprint density at radius 3 is 1.97 bits per heavy atom. The number of rotatable bonds is 15. The minimum Gasteiger partial charge on any atom is -0.497 e. The molecule has 0 aliphatic carbocycles. The summed E-state index contributed by atoms with van der Waals surface area (Å²) in [6.45, 7) is 5.35. The number of unbranched alkanes of at least 4 members (excludes halogenated alkanes) is 5. The molecule has 0 aromatic heterocycles. The molecule has 0 bridgehead atoms. The number of methoxy groups -OCH3 is 1. The van der Waals surface area contributed by atoms with Crippen molar-refractivity contribution in [1.82, 2.24) is 4.90 Å². The minimum atomic E-state index is -0.454. The van der Waals surface area contributed by atoms with Crippen molar-refractivity contribution < 1.29 is 19.0 Å². The van der Waals surface area contributed by atoms with Crippen molar-refractivity contribution in [2.24, 2.45) is 0 Å². The molecule has 0 unspecified atom stereocenters. The van der Waals surface area contributed by atoms with E-state index in [1.807, 2.05) is 24.3 Å². The molecular formula is C27H40N2O4. The first kappa shape index (κ1) is 26.5. The monoisotopic (exact) mass is 456 g/mol. The second-order valence-electron chi connectivity index (χ2n) is 8.37. The number of ether oxygens (including phenoxy) is 3. The molecule has 0 fully saturated rings. The fraction of sp³-hybridized carbons (Fsp3) is 0.519.